The molecular weight excluding hydrogens is 314 g/mol. The molecule has 1 fully saturated rings. The molecule has 1 aliphatic heterocycles. The zero-order valence-corrected chi connectivity index (χ0v) is 15.0. The second-order valence-electron chi connectivity index (χ2n) is 6.03. The van der Waals surface area contributed by atoms with Crippen LogP contribution in [0.1, 0.15) is 47.5 Å². The van der Waals surface area contributed by atoms with Gasteiger partial charge in [0.1, 0.15) is 16.0 Å². The number of carbonyl (C=O) groups is 1. The molecule has 0 spiro atoms. The smallest absolute Gasteiger partial charge is 0.263 e. The van der Waals surface area contributed by atoms with Gasteiger partial charge in [-0.05, 0) is 39.8 Å². The highest BCUT2D eigenvalue weighted by molar-refractivity contribution is 7.13. The van der Waals surface area contributed by atoms with Gasteiger partial charge in [-0.1, -0.05) is 0 Å². The molecule has 1 atom stereocenters. The molecule has 0 bridgehead atoms. The molecule has 1 aromatic heterocycles. The quantitative estimate of drug-likeness (QED) is 0.756. The van der Waals surface area contributed by atoms with Gasteiger partial charge in [-0.25, -0.2) is 4.98 Å². The lowest BCUT2D eigenvalue weighted by Crippen LogP contribution is -2.47. The van der Waals surface area contributed by atoms with Gasteiger partial charge in [-0.15, -0.1) is 11.3 Å². The van der Waals surface area contributed by atoms with E-state index in [1.165, 1.54) is 11.3 Å². The lowest BCUT2D eigenvalue weighted by Gasteiger charge is -2.37. The predicted octanol–water partition coefficient (Wildman–Crippen LogP) is 1.99. The van der Waals surface area contributed by atoms with Crippen molar-refractivity contribution in [1.82, 2.24) is 15.6 Å². The Kier molecular flexibility index (Phi) is 6.95. The summed E-state index contributed by atoms with van der Waals surface area (Å²) in [7, 11) is 1.72. The summed E-state index contributed by atoms with van der Waals surface area (Å²) in [6, 6.07) is 0. The zero-order chi connectivity index (χ0) is 16.7. The Balaban J connectivity index is 1.93. The Bertz CT molecular complexity index is 495. The van der Waals surface area contributed by atoms with Crippen molar-refractivity contribution in [2.45, 2.75) is 32.8 Å². The van der Waals surface area contributed by atoms with Gasteiger partial charge in [0.25, 0.3) is 5.91 Å². The maximum atomic E-state index is 12.4. The van der Waals surface area contributed by atoms with Crippen molar-refractivity contribution in [2.75, 3.05) is 40.0 Å². The molecule has 1 aromatic rings. The molecule has 2 N–H and O–H groups in total. The largest absolute Gasteiger partial charge is 0.384 e. The Hall–Kier alpha value is -1.02. The van der Waals surface area contributed by atoms with Crippen LogP contribution in [0, 0.1) is 5.41 Å². The number of nitrogens with zero attached hydrogens (tertiary/aromatic N) is 1. The van der Waals surface area contributed by atoms with Crippen LogP contribution in [0.15, 0.2) is 6.20 Å². The highest BCUT2D eigenvalue weighted by atomic mass is 32.1. The summed E-state index contributed by atoms with van der Waals surface area (Å²) in [4.78, 5) is 17.3. The Morgan fingerprint density at radius 2 is 2.26 bits per heavy atom. The average molecular weight is 341 g/mol. The van der Waals surface area contributed by atoms with E-state index >= 15 is 0 Å². The van der Waals surface area contributed by atoms with E-state index < -0.39 is 0 Å². The second kappa shape index (κ2) is 8.73. The molecule has 1 aliphatic rings. The standard InChI is InChI=1S/C16H27N3O3S/c1-4-22-12(2)15-18-9-13(23-15)14(20)19-10-16(11-21-3)5-7-17-8-6-16/h9,12,17H,4-8,10-11H2,1-3H3,(H,19,20). The Morgan fingerprint density at radius 3 is 2.91 bits per heavy atom. The fourth-order valence-electron chi connectivity index (χ4n) is 2.89. The summed E-state index contributed by atoms with van der Waals surface area (Å²) in [6.45, 7) is 7.78. The summed E-state index contributed by atoms with van der Waals surface area (Å²) in [5, 5.41) is 7.25. The Labute approximate surface area is 142 Å². The molecule has 0 radical (unpaired) electrons. The highest BCUT2D eigenvalue weighted by Crippen LogP contribution is 2.29. The van der Waals surface area contributed by atoms with Crippen LogP contribution in [0.3, 0.4) is 0 Å². The van der Waals surface area contributed by atoms with Crippen molar-refractivity contribution < 1.29 is 14.3 Å². The van der Waals surface area contributed by atoms with Gasteiger partial charge >= 0.3 is 0 Å². The van der Waals surface area contributed by atoms with Crippen LogP contribution >= 0.6 is 11.3 Å². The number of thiazole rings is 1. The van der Waals surface area contributed by atoms with E-state index in [2.05, 4.69) is 15.6 Å². The van der Waals surface area contributed by atoms with Crippen molar-refractivity contribution in [3.8, 4) is 0 Å². The summed E-state index contributed by atoms with van der Waals surface area (Å²) in [5.74, 6) is -0.0635. The SMILES string of the molecule is CCOC(C)c1ncc(C(=O)NCC2(COC)CCNCC2)s1. The topological polar surface area (TPSA) is 72.5 Å². The van der Waals surface area contributed by atoms with Gasteiger partial charge < -0.3 is 20.1 Å². The highest BCUT2D eigenvalue weighted by Gasteiger charge is 2.32. The molecule has 1 amide bonds. The van der Waals surface area contributed by atoms with Gasteiger partial charge in [0.05, 0.1) is 12.8 Å². The summed E-state index contributed by atoms with van der Waals surface area (Å²) in [5.41, 5.74) is 0.0296. The van der Waals surface area contributed by atoms with E-state index in [1.807, 2.05) is 13.8 Å². The molecule has 6 nitrogen and oxygen atoms in total. The first-order chi connectivity index (χ1) is 11.1. The number of piperidine rings is 1. The molecule has 1 unspecified atom stereocenters. The Morgan fingerprint density at radius 1 is 1.52 bits per heavy atom. The normalized spacial score (nSPS) is 18.6. The van der Waals surface area contributed by atoms with Crippen LogP contribution in [0.2, 0.25) is 0 Å². The predicted molar refractivity (Wildman–Crippen MR) is 90.9 cm³/mol. The first kappa shape index (κ1) is 18.3. The minimum Gasteiger partial charge on any atom is -0.384 e. The number of amides is 1. The van der Waals surface area contributed by atoms with Crippen LogP contribution in [0.5, 0.6) is 0 Å². The third-order valence-electron chi connectivity index (χ3n) is 4.25. The van der Waals surface area contributed by atoms with Crippen molar-refractivity contribution in [1.29, 1.82) is 0 Å². The monoisotopic (exact) mass is 341 g/mol. The maximum Gasteiger partial charge on any atom is 0.263 e. The molecule has 0 aromatic carbocycles. The van der Waals surface area contributed by atoms with Crippen LogP contribution < -0.4 is 10.6 Å². The van der Waals surface area contributed by atoms with E-state index in [9.17, 15) is 4.79 Å². The summed E-state index contributed by atoms with van der Waals surface area (Å²) >= 11 is 1.40. The molecule has 23 heavy (non-hydrogen) atoms. The van der Waals surface area contributed by atoms with Gasteiger partial charge in [0, 0.05) is 25.7 Å². The molecule has 2 rings (SSSR count). The number of methoxy groups -OCH3 is 1. The second-order valence-corrected chi connectivity index (χ2v) is 7.09. The van der Waals surface area contributed by atoms with E-state index in [-0.39, 0.29) is 17.4 Å². The maximum absolute atomic E-state index is 12.4. The van der Waals surface area contributed by atoms with Crippen LogP contribution in [-0.4, -0.2) is 50.8 Å². The van der Waals surface area contributed by atoms with E-state index in [0.717, 1.165) is 30.9 Å². The first-order valence-corrected chi connectivity index (χ1v) is 8.97. The fourth-order valence-corrected chi connectivity index (χ4v) is 3.73. The number of hydrogen-bond donors (Lipinski definition) is 2. The lowest BCUT2D eigenvalue weighted by atomic mass is 9.79. The number of rotatable bonds is 8. The molecule has 0 aliphatic carbocycles. The third kappa shape index (κ3) is 4.97. The molecular formula is C16H27N3O3S. The first-order valence-electron chi connectivity index (χ1n) is 8.15. The van der Waals surface area contributed by atoms with E-state index in [4.69, 9.17) is 9.47 Å². The zero-order valence-electron chi connectivity index (χ0n) is 14.2. The van der Waals surface area contributed by atoms with Gasteiger partial charge in [-0.2, -0.15) is 0 Å². The van der Waals surface area contributed by atoms with Crippen molar-refractivity contribution in [3.63, 3.8) is 0 Å². The van der Waals surface area contributed by atoms with Gasteiger partial charge in [0.15, 0.2) is 0 Å². The van der Waals surface area contributed by atoms with E-state index in [0.29, 0.717) is 24.6 Å². The third-order valence-corrected chi connectivity index (χ3v) is 5.41. The molecule has 0 saturated carbocycles. The minimum atomic E-state index is -0.0733. The van der Waals surface area contributed by atoms with Gasteiger partial charge in [0.2, 0.25) is 0 Å². The average Bonchev–Trinajstić information content (AvgIpc) is 3.04. The molecule has 130 valence electrons. The number of hydrogen-bond acceptors (Lipinski definition) is 6. The van der Waals surface area contributed by atoms with Crippen LogP contribution in [0.25, 0.3) is 0 Å². The fraction of sp³-hybridized carbons (Fsp3) is 0.750. The summed E-state index contributed by atoms with van der Waals surface area (Å²) in [6.07, 6.45) is 3.58. The minimum absolute atomic E-state index is 0.0296. The number of carbonyl (C=O) groups excluding carboxylic acids is 1. The van der Waals surface area contributed by atoms with Crippen LogP contribution in [-0.2, 0) is 9.47 Å². The molecule has 2 heterocycles. The van der Waals surface area contributed by atoms with Crippen molar-refractivity contribution in [3.05, 3.63) is 16.1 Å². The van der Waals surface area contributed by atoms with Crippen molar-refractivity contribution in [2.24, 2.45) is 5.41 Å². The van der Waals surface area contributed by atoms with E-state index in [1.54, 1.807) is 13.3 Å². The number of aromatic nitrogens is 1. The van der Waals surface area contributed by atoms with Crippen molar-refractivity contribution >= 4 is 17.2 Å². The van der Waals surface area contributed by atoms with Crippen LogP contribution in [0.4, 0.5) is 0 Å². The number of ether oxygens (including phenoxy) is 2. The number of nitrogens with one attached hydrogen (secondary N) is 2. The molecule has 7 heteroatoms. The molecule has 1 saturated heterocycles. The van der Waals surface area contributed by atoms with Gasteiger partial charge in [-0.3, -0.25) is 4.79 Å². The summed E-state index contributed by atoms with van der Waals surface area (Å²) < 4.78 is 10.9. The lowest BCUT2D eigenvalue weighted by molar-refractivity contribution is 0.0512.